The maximum Gasteiger partial charge on any atom is 0.119 e. The largest absolute Gasteiger partial charge is 0.497 e. The van der Waals surface area contributed by atoms with Gasteiger partial charge in [0.15, 0.2) is 0 Å². The minimum Gasteiger partial charge on any atom is -0.497 e. The fraction of sp³-hybridized carbons (Fsp3) is 0.364. The minimum absolute atomic E-state index is 0.453. The molecule has 0 N–H and O–H groups in total. The lowest BCUT2D eigenvalue weighted by Crippen LogP contribution is -2.46. The highest BCUT2D eigenvalue weighted by Gasteiger charge is 2.41. The summed E-state index contributed by atoms with van der Waals surface area (Å²) in [6.07, 6.45) is 4.20. The Bertz CT molecular complexity index is 757. The lowest BCUT2D eigenvalue weighted by Gasteiger charge is -2.38. The van der Waals surface area contributed by atoms with Gasteiger partial charge in [0.05, 0.1) is 20.2 Å². The van der Waals surface area contributed by atoms with Gasteiger partial charge in [-0.3, -0.25) is 0 Å². The van der Waals surface area contributed by atoms with Crippen LogP contribution >= 0.6 is 11.6 Å². The van der Waals surface area contributed by atoms with Crippen LogP contribution in [-0.2, 0) is 13.0 Å². The van der Waals surface area contributed by atoms with E-state index < -0.39 is 0 Å². The molecule has 3 heteroatoms. The summed E-state index contributed by atoms with van der Waals surface area (Å²) >= 11 is 6.32. The van der Waals surface area contributed by atoms with Crippen molar-refractivity contribution in [3.05, 3.63) is 76.8 Å². The molecule has 1 aliphatic rings. The summed E-state index contributed by atoms with van der Waals surface area (Å²) in [6, 6.07) is 15.1. The predicted molar refractivity (Wildman–Crippen MR) is 105 cm³/mol. The zero-order valence-corrected chi connectivity index (χ0v) is 15.9. The van der Waals surface area contributed by atoms with Crippen molar-refractivity contribution in [3.63, 3.8) is 0 Å². The average Bonchev–Trinajstić information content (AvgIpc) is 2.89. The average molecular weight is 357 g/mol. The number of aryl methyl sites for hydroxylation is 1. The van der Waals surface area contributed by atoms with Crippen LogP contribution in [0.2, 0.25) is 5.02 Å². The number of fused-ring (bicyclic) bond motifs is 1. The van der Waals surface area contributed by atoms with Gasteiger partial charge in [-0.05, 0) is 49.2 Å². The van der Waals surface area contributed by atoms with E-state index in [9.17, 15) is 0 Å². The number of hydrogen-bond acceptors (Lipinski definition) is 1. The van der Waals surface area contributed by atoms with Gasteiger partial charge < -0.3 is 9.22 Å². The molecule has 0 saturated carbocycles. The second-order valence-corrected chi connectivity index (χ2v) is 7.41. The van der Waals surface area contributed by atoms with Gasteiger partial charge in [-0.2, -0.15) is 0 Å². The second kappa shape index (κ2) is 7.63. The van der Waals surface area contributed by atoms with Crippen molar-refractivity contribution in [2.75, 3.05) is 20.2 Å². The Labute approximate surface area is 156 Å². The van der Waals surface area contributed by atoms with Crippen LogP contribution in [0, 0.1) is 0 Å². The molecule has 25 heavy (non-hydrogen) atoms. The maximum atomic E-state index is 6.32. The van der Waals surface area contributed by atoms with Crippen molar-refractivity contribution in [1.29, 1.82) is 0 Å². The lowest BCUT2D eigenvalue weighted by atomic mass is 10.0. The summed E-state index contributed by atoms with van der Waals surface area (Å²) in [5.41, 5.74) is 4.10. The standard InChI is InChI=1S/C22H27ClNO/c1-4-13-24(14-7-9-18-8-5-6-10-22(18)23)16-19-11-12-20(25-3)15-21(19)17(24)2/h4-6,8,10-12,15,17H,1,7,9,13-14,16H2,2-3H3/q+1/t17-,24?/m0/s1. The van der Waals surface area contributed by atoms with Gasteiger partial charge in [-0.25, -0.2) is 0 Å². The molecule has 2 nitrogen and oxygen atoms in total. The molecule has 2 atom stereocenters. The van der Waals surface area contributed by atoms with E-state index in [2.05, 4.69) is 49.9 Å². The zero-order chi connectivity index (χ0) is 17.9. The van der Waals surface area contributed by atoms with E-state index in [0.29, 0.717) is 6.04 Å². The van der Waals surface area contributed by atoms with Crippen LogP contribution in [0.25, 0.3) is 0 Å². The maximum absolute atomic E-state index is 6.32. The van der Waals surface area contributed by atoms with E-state index in [4.69, 9.17) is 16.3 Å². The van der Waals surface area contributed by atoms with Crippen LogP contribution in [0.4, 0.5) is 0 Å². The van der Waals surface area contributed by atoms with Gasteiger partial charge in [-0.1, -0.05) is 36.4 Å². The summed E-state index contributed by atoms with van der Waals surface area (Å²) in [5, 5.41) is 0.875. The fourth-order valence-electron chi connectivity index (χ4n) is 4.13. The first-order valence-corrected chi connectivity index (χ1v) is 9.34. The van der Waals surface area contributed by atoms with Crippen molar-refractivity contribution >= 4 is 11.6 Å². The zero-order valence-electron chi connectivity index (χ0n) is 15.2. The number of methoxy groups -OCH3 is 1. The molecular formula is C22H27ClNO+. The number of hydrogen-bond donors (Lipinski definition) is 0. The minimum atomic E-state index is 0.453. The Balaban J connectivity index is 1.76. The molecule has 2 aromatic carbocycles. The highest BCUT2D eigenvalue weighted by molar-refractivity contribution is 6.31. The summed E-state index contributed by atoms with van der Waals surface area (Å²) in [6.45, 7) is 9.53. The molecule has 1 heterocycles. The Morgan fingerprint density at radius 2 is 2.08 bits per heavy atom. The molecule has 0 aliphatic carbocycles. The van der Waals surface area contributed by atoms with Crippen LogP contribution < -0.4 is 4.74 Å². The number of benzene rings is 2. The number of nitrogens with zero attached hydrogens (tertiary/aromatic N) is 1. The van der Waals surface area contributed by atoms with Crippen LogP contribution in [-0.4, -0.2) is 24.7 Å². The summed E-state index contributed by atoms with van der Waals surface area (Å²) in [4.78, 5) is 0. The molecule has 0 bridgehead atoms. The number of rotatable bonds is 7. The number of ether oxygens (including phenoxy) is 1. The van der Waals surface area contributed by atoms with Crippen LogP contribution in [0.5, 0.6) is 5.75 Å². The predicted octanol–water partition coefficient (Wildman–Crippen LogP) is 5.56. The monoisotopic (exact) mass is 356 g/mol. The molecule has 0 amide bonds. The smallest absolute Gasteiger partial charge is 0.119 e. The number of halogens is 1. The van der Waals surface area contributed by atoms with E-state index >= 15 is 0 Å². The van der Waals surface area contributed by atoms with Crippen molar-refractivity contribution in [2.45, 2.75) is 32.4 Å². The molecule has 0 aromatic heterocycles. The quantitative estimate of drug-likeness (QED) is 0.466. The van der Waals surface area contributed by atoms with Crippen molar-refractivity contribution in [3.8, 4) is 5.75 Å². The Hall–Kier alpha value is -1.77. The first-order valence-electron chi connectivity index (χ1n) is 8.96. The van der Waals surface area contributed by atoms with Gasteiger partial charge in [-0.15, -0.1) is 0 Å². The highest BCUT2D eigenvalue weighted by Crippen LogP contribution is 2.42. The Kier molecular flexibility index (Phi) is 5.51. The molecule has 0 saturated heterocycles. The normalized spacial score (nSPS) is 21.8. The SMILES string of the molecule is C=CC[N+]1(CCCc2ccccc2Cl)Cc2ccc(OC)cc2[C@@H]1C. The van der Waals surface area contributed by atoms with E-state index in [1.54, 1.807) is 7.11 Å². The molecule has 1 unspecified atom stereocenters. The van der Waals surface area contributed by atoms with Gasteiger partial charge in [0, 0.05) is 22.6 Å². The fourth-order valence-corrected chi connectivity index (χ4v) is 4.36. The van der Waals surface area contributed by atoms with E-state index in [0.717, 1.165) is 47.7 Å². The summed E-state index contributed by atoms with van der Waals surface area (Å²) < 4.78 is 6.46. The molecule has 1 aliphatic heterocycles. The van der Waals surface area contributed by atoms with Gasteiger partial charge in [0.2, 0.25) is 0 Å². The first-order chi connectivity index (χ1) is 12.1. The molecule has 132 valence electrons. The molecule has 0 fully saturated rings. The Morgan fingerprint density at radius 1 is 1.28 bits per heavy atom. The summed E-state index contributed by atoms with van der Waals surface area (Å²) in [7, 11) is 1.73. The van der Waals surface area contributed by atoms with Gasteiger partial charge in [0.25, 0.3) is 0 Å². The van der Waals surface area contributed by atoms with Crippen molar-refractivity contribution in [1.82, 2.24) is 0 Å². The molecule has 3 rings (SSSR count). The third kappa shape index (κ3) is 3.61. The first kappa shape index (κ1) is 18.0. The van der Waals surface area contributed by atoms with E-state index in [1.165, 1.54) is 16.7 Å². The topological polar surface area (TPSA) is 9.23 Å². The Morgan fingerprint density at radius 3 is 2.80 bits per heavy atom. The molecular weight excluding hydrogens is 330 g/mol. The van der Waals surface area contributed by atoms with Crippen LogP contribution in [0.15, 0.2) is 55.1 Å². The van der Waals surface area contributed by atoms with E-state index in [-0.39, 0.29) is 0 Å². The summed E-state index contributed by atoms with van der Waals surface area (Å²) in [5.74, 6) is 0.945. The third-order valence-corrected chi connectivity index (χ3v) is 5.98. The lowest BCUT2D eigenvalue weighted by molar-refractivity contribution is -0.956. The van der Waals surface area contributed by atoms with Crippen molar-refractivity contribution < 1.29 is 9.22 Å². The van der Waals surface area contributed by atoms with E-state index in [1.807, 2.05) is 12.1 Å². The second-order valence-electron chi connectivity index (χ2n) is 7.01. The van der Waals surface area contributed by atoms with Gasteiger partial charge >= 0.3 is 0 Å². The molecule has 0 radical (unpaired) electrons. The van der Waals surface area contributed by atoms with Crippen LogP contribution in [0.1, 0.15) is 36.1 Å². The highest BCUT2D eigenvalue weighted by atomic mass is 35.5. The van der Waals surface area contributed by atoms with Gasteiger partial charge in [0.1, 0.15) is 18.3 Å². The number of quaternary nitrogens is 1. The molecule has 0 spiro atoms. The third-order valence-electron chi connectivity index (χ3n) is 5.61. The van der Waals surface area contributed by atoms with Crippen molar-refractivity contribution in [2.24, 2.45) is 0 Å². The van der Waals surface area contributed by atoms with Crippen LogP contribution in [0.3, 0.4) is 0 Å². The molecule has 2 aromatic rings.